The number of rotatable bonds is 4. The highest BCUT2D eigenvalue weighted by Gasteiger charge is 2.14. The third kappa shape index (κ3) is 2.84. The third-order valence-corrected chi connectivity index (χ3v) is 3.34. The molecule has 0 aliphatic rings. The first-order chi connectivity index (χ1) is 8.99. The maximum Gasteiger partial charge on any atom is 0.337 e. The Hall–Kier alpha value is -2.10. The predicted molar refractivity (Wildman–Crippen MR) is 71.0 cm³/mol. The standard InChI is InChI=1S/C15H16FNO2/c1-10-9-14(15(18)19)11(2)17(10)8-7-12-3-5-13(16)6-4-12/h3-6,9H,7-8H2,1-2H3,(H,18,19). The second kappa shape index (κ2) is 5.26. The summed E-state index contributed by atoms with van der Waals surface area (Å²) in [6.45, 7) is 4.39. The Kier molecular flexibility index (Phi) is 3.69. The summed E-state index contributed by atoms with van der Waals surface area (Å²) in [5.41, 5.74) is 3.06. The van der Waals surface area contributed by atoms with E-state index in [1.54, 1.807) is 25.1 Å². The minimum atomic E-state index is -0.902. The molecule has 100 valence electrons. The van der Waals surface area contributed by atoms with Crippen molar-refractivity contribution in [2.24, 2.45) is 0 Å². The Balaban J connectivity index is 2.15. The molecule has 0 unspecified atom stereocenters. The van der Waals surface area contributed by atoms with Crippen molar-refractivity contribution in [2.75, 3.05) is 0 Å². The van der Waals surface area contributed by atoms with Gasteiger partial charge in [0.25, 0.3) is 0 Å². The van der Waals surface area contributed by atoms with E-state index < -0.39 is 5.97 Å². The van der Waals surface area contributed by atoms with Gasteiger partial charge in [-0.25, -0.2) is 9.18 Å². The van der Waals surface area contributed by atoms with Gasteiger partial charge in [0.1, 0.15) is 5.82 Å². The van der Waals surface area contributed by atoms with Gasteiger partial charge in [-0.3, -0.25) is 0 Å². The molecule has 1 aromatic heterocycles. The van der Waals surface area contributed by atoms with Crippen molar-refractivity contribution in [1.82, 2.24) is 4.57 Å². The number of aryl methyl sites for hydroxylation is 2. The molecule has 0 aliphatic heterocycles. The van der Waals surface area contributed by atoms with E-state index in [4.69, 9.17) is 5.11 Å². The number of nitrogens with zero attached hydrogens (tertiary/aromatic N) is 1. The van der Waals surface area contributed by atoms with E-state index in [2.05, 4.69) is 0 Å². The van der Waals surface area contributed by atoms with Crippen LogP contribution in [0.3, 0.4) is 0 Å². The van der Waals surface area contributed by atoms with Gasteiger partial charge in [0.15, 0.2) is 0 Å². The fourth-order valence-corrected chi connectivity index (χ4v) is 2.25. The molecule has 3 nitrogen and oxygen atoms in total. The number of carbonyl (C=O) groups is 1. The van der Waals surface area contributed by atoms with Gasteiger partial charge in [-0.1, -0.05) is 12.1 Å². The van der Waals surface area contributed by atoms with Gasteiger partial charge in [-0.2, -0.15) is 0 Å². The van der Waals surface area contributed by atoms with Gasteiger partial charge in [-0.05, 0) is 44.0 Å². The molecule has 1 aromatic carbocycles. The van der Waals surface area contributed by atoms with Gasteiger partial charge in [0, 0.05) is 17.9 Å². The summed E-state index contributed by atoms with van der Waals surface area (Å²) in [6, 6.07) is 8.06. The summed E-state index contributed by atoms with van der Waals surface area (Å²) in [7, 11) is 0. The number of halogens is 1. The van der Waals surface area contributed by atoms with Gasteiger partial charge in [-0.15, -0.1) is 0 Å². The Morgan fingerprint density at radius 2 is 1.89 bits per heavy atom. The highest BCUT2D eigenvalue weighted by atomic mass is 19.1. The maximum absolute atomic E-state index is 12.8. The van der Waals surface area contributed by atoms with Crippen LogP contribution in [0.15, 0.2) is 30.3 Å². The van der Waals surface area contributed by atoms with Crippen molar-refractivity contribution in [2.45, 2.75) is 26.8 Å². The highest BCUT2D eigenvalue weighted by Crippen LogP contribution is 2.16. The fraction of sp³-hybridized carbons (Fsp3) is 0.267. The van der Waals surface area contributed by atoms with E-state index in [-0.39, 0.29) is 5.82 Å². The van der Waals surface area contributed by atoms with E-state index in [0.29, 0.717) is 12.1 Å². The first kappa shape index (κ1) is 13.3. The van der Waals surface area contributed by atoms with Crippen LogP contribution in [0.1, 0.15) is 27.3 Å². The zero-order valence-electron chi connectivity index (χ0n) is 11.0. The minimum Gasteiger partial charge on any atom is -0.478 e. The summed E-state index contributed by atoms with van der Waals surface area (Å²) < 4.78 is 14.8. The van der Waals surface area contributed by atoms with E-state index >= 15 is 0 Å². The number of aromatic carboxylic acids is 1. The monoisotopic (exact) mass is 261 g/mol. The molecule has 0 bridgehead atoms. The lowest BCUT2D eigenvalue weighted by Gasteiger charge is -2.09. The second-order valence-electron chi connectivity index (χ2n) is 4.62. The third-order valence-electron chi connectivity index (χ3n) is 3.34. The van der Waals surface area contributed by atoms with Crippen LogP contribution in [-0.4, -0.2) is 15.6 Å². The molecule has 2 rings (SSSR count). The summed E-state index contributed by atoms with van der Waals surface area (Å²) >= 11 is 0. The number of aromatic nitrogens is 1. The zero-order chi connectivity index (χ0) is 14.0. The quantitative estimate of drug-likeness (QED) is 0.918. The van der Waals surface area contributed by atoms with Crippen LogP contribution in [-0.2, 0) is 13.0 Å². The average molecular weight is 261 g/mol. The van der Waals surface area contributed by atoms with Gasteiger partial charge in [0.2, 0.25) is 0 Å². The van der Waals surface area contributed by atoms with E-state index in [9.17, 15) is 9.18 Å². The minimum absolute atomic E-state index is 0.245. The molecule has 0 saturated heterocycles. The van der Waals surface area contributed by atoms with E-state index in [0.717, 1.165) is 23.4 Å². The van der Waals surface area contributed by atoms with Crippen LogP contribution in [0, 0.1) is 19.7 Å². The SMILES string of the molecule is Cc1cc(C(=O)O)c(C)n1CCc1ccc(F)cc1. The van der Waals surface area contributed by atoms with E-state index in [1.165, 1.54) is 12.1 Å². The van der Waals surface area contributed by atoms with Crippen LogP contribution < -0.4 is 0 Å². The molecule has 4 heteroatoms. The van der Waals surface area contributed by atoms with Crippen LogP contribution in [0.25, 0.3) is 0 Å². The number of carboxylic acid groups (broad SMARTS) is 1. The lowest BCUT2D eigenvalue weighted by molar-refractivity contribution is 0.0696. The van der Waals surface area contributed by atoms with Crippen molar-refractivity contribution in [3.8, 4) is 0 Å². The molecule has 0 radical (unpaired) electrons. The summed E-state index contributed by atoms with van der Waals surface area (Å²) in [5, 5.41) is 9.06. The second-order valence-corrected chi connectivity index (χ2v) is 4.62. The van der Waals surface area contributed by atoms with Crippen LogP contribution in [0.4, 0.5) is 4.39 Å². The van der Waals surface area contributed by atoms with E-state index in [1.807, 2.05) is 11.5 Å². The highest BCUT2D eigenvalue weighted by molar-refractivity contribution is 5.89. The Morgan fingerprint density at radius 1 is 1.26 bits per heavy atom. The molecule has 1 heterocycles. The van der Waals surface area contributed by atoms with Gasteiger partial charge >= 0.3 is 5.97 Å². The number of hydrogen-bond acceptors (Lipinski definition) is 1. The molecule has 0 spiro atoms. The maximum atomic E-state index is 12.8. The predicted octanol–water partition coefficient (Wildman–Crippen LogP) is 3.18. The first-order valence-electron chi connectivity index (χ1n) is 6.13. The van der Waals surface area contributed by atoms with Crippen molar-refractivity contribution in [3.05, 3.63) is 58.7 Å². The van der Waals surface area contributed by atoms with Gasteiger partial charge in [0.05, 0.1) is 5.56 Å². The molecule has 0 atom stereocenters. The Labute approximate surface area is 111 Å². The Bertz CT molecular complexity index is 599. The summed E-state index contributed by atoms with van der Waals surface area (Å²) in [5.74, 6) is -1.15. The number of benzene rings is 1. The smallest absolute Gasteiger partial charge is 0.337 e. The molecule has 2 aromatic rings. The van der Waals surface area contributed by atoms with Gasteiger partial charge < -0.3 is 9.67 Å². The van der Waals surface area contributed by atoms with Crippen LogP contribution in [0.5, 0.6) is 0 Å². The molecular formula is C15H16FNO2. The summed E-state index contributed by atoms with van der Waals surface area (Å²) in [6.07, 6.45) is 0.746. The van der Waals surface area contributed by atoms with Crippen molar-refractivity contribution >= 4 is 5.97 Å². The van der Waals surface area contributed by atoms with Crippen LogP contribution >= 0.6 is 0 Å². The first-order valence-corrected chi connectivity index (χ1v) is 6.13. The van der Waals surface area contributed by atoms with Crippen molar-refractivity contribution in [1.29, 1.82) is 0 Å². The average Bonchev–Trinajstić information content (AvgIpc) is 2.65. The lowest BCUT2D eigenvalue weighted by atomic mass is 10.1. The summed E-state index contributed by atoms with van der Waals surface area (Å²) in [4.78, 5) is 11.0. The number of hydrogen-bond donors (Lipinski definition) is 1. The molecular weight excluding hydrogens is 245 g/mol. The fourth-order valence-electron chi connectivity index (χ4n) is 2.25. The Morgan fingerprint density at radius 3 is 2.42 bits per heavy atom. The molecule has 0 aliphatic carbocycles. The van der Waals surface area contributed by atoms with Crippen molar-refractivity contribution in [3.63, 3.8) is 0 Å². The molecule has 0 amide bonds. The molecule has 1 N–H and O–H groups in total. The number of carboxylic acids is 1. The molecule has 0 saturated carbocycles. The largest absolute Gasteiger partial charge is 0.478 e. The lowest BCUT2D eigenvalue weighted by Crippen LogP contribution is -2.07. The normalized spacial score (nSPS) is 10.7. The zero-order valence-corrected chi connectivity index (χ0v) is 11.0. The van der Waals surface area contributed by atoms with Crippen molar-refractivity contribution < 1.29 is 14.3 Å². The molecule has 19 heavy (non-hydrogen) atoms. The molecule has 0 fully saturated rings. The topological polar surface area (TPSA) is 42.2 Å². The van der Waals surface area contributed by atoms with Crippen LogP contribution in [0.2, 0.25) is 0 Å².